The van der Waals surface area contributed by atoms with Gasteiger partial charge in [-0.2, -0.15) is 0 Å². The lowest BCUT2D eigenvalue weighted by Gasteiger charge is -1.98. The summed E-state index contributed by atoms with van der Waals surface area (Å²) in [6, 6.07) is 10.7. The highest BCUT2D eigenvalue weighted by Crippen LogP contribution is 2.05. The first-order chi connectivity index (χ1) is 8.85. The zero-order valence-corrected chi connectivity index (χ0v) is 11.8. The molecule has 1 aromatic carbocycles. The van der Waals surface area contributed by atoms with Crippen molar-refractivity contribution in [3.8, 4) is 0 Å². The second-order valence-corrected chi connectivity index (χ2v) is 4.30. The third-order valence-corrected chi connectivity index (χ3v) is 2.58. The highest BCUT2D eigenvalue weighted by atomic mass is 16.1. The lowest BCUT2D eigenvalue weighted by molar-refractivity contribution is -0.104. The van der Waals surface area contributed by atoms with Crippen LogP contribution in [0.15, 0.2) is 42.5 Å². The lowest BCUT2D eigenvalue weighted by atomic mass is 10.1. The van der Waals surface area contributed by atoms with Crippen molar-refractivity contribution in [2.24, 2.45) is 0 Å². The van der Waals surface area contributed by atoms with Gasteiger partial charge in [0.15, 0.2) is 0 Å². The Labute approximate surface area is 112 Å². The molecule has 0 aliphatic heterocycles. The number of aldehydes is 1. The average Bonchev–Trinajstić information content (AvgIpc) is 2.42. The summed E-state index contributed by atoms with van der Waals surface area (Å²) in [6.45, 7) is 4.32. The molecule has 0 N–H and O–H groups in total. The maximum Gasteiger partial charge on any atom is 0.142 e. The molecule has 0 spiro atoms. The molecule has 0 saturated carbocycles. The van der Waals surface area contributed by atoms with E-state index in [-0.39, 0.29) is 0 Å². The Balaban J connectivity index is 0.000000360. The molecule has 0 heterocycles. The summed E-state index contributed by atoms with van der Waals surface area (Å²) >= 11 is 0. The molecule has 1 aromatic rings. The summed E-state index contributed by atoms with van der Waals surface area (Å²) in [5.41, 5.74) is 1.47. The summed E-state index contributed by atoms with van der Waals surface area (Å²) in [4.78, 5) is 9.59. The number of benzene rings is 1. The third-order valence-electron chi connectivity index (χ3n) is 2.58. The Morgan fingerprint density at radius 2 is 1.72 bits per heavy atom. The summed E-state index contributed by atoms with van der Waals surface area (Å²) in [5.74, 6) is 0. The predicted molar refractivity (Wildman–Crippen MR) is 79.8 cm³/mol. The quantitative estimate of drug-likeness (QED) is 0.377. The number of carbonyl (C=O) groups excluding carboxylic acids is 1. The maximum absolute atomic E-state index is 9.59. The van der Waals surface area contributed by atoms with Crippen LogP contribution in [0.4, 0.5) is 0 Å². The van der Waals surface area contributed by atoms with E-state index in [1.54, 1.807) is 0 Å². The number of carbonyl (C=O) groups is 1. The highest BCUT2D eigenvalue weighted by molar-refractivity contribution is 5.64. The van der Waals surface area contributed by atoms with Crippen LogP contribution in [0.3, 0.4) is 0 Å². The van der Waals surface area contributed by atoms with Gasteiger partial charge in [0.1, 0.15) is 6.29 Å². The number of rotatable bonds is 7. The molecule has 100 valence electrons. The summed E-state index contributed by atoms with van der Waals surface area (Å²) in [7, 11) is 0. The van der Waals surface area contributed by atoms with Crippen LogP contribution in [0.25, 0.3) is 0 Å². The van der Waals surface area contributed by atoms with Crippen molar-refractivity contribution < 1.29 is 4.79 Å². The van der Waals surface area contributed by atoms with Gasteiger partial charge in [0.25, 0.3) is 0 Å². The molecule has 0 aromatic heterocycles. The van der Waals surface area contributed by atoms with Crippen molar-refractivity contribution in [3.05, 3.63) is 48.0 Å². The molecule has 0 bridgehead atoms. The number of unbranched alkanes of at least 4 members (excludes halogenated alkanes) is 3. The van der Waals surface area contributed by atoms with Crippen molar-refractivity contribution in [2.45, 2.75) is 52.4 Å². The average molecular weight is 246 g/mol. The van der Waals surface area contributed by atoms with E-state index in [1.807, 2.05) is 6.08 Å². The van der Waals surface area contributed by atoms with Gasteiger partial charge in [0, 0.05) is 0 Å². The van der Waals surface area contributed by atoms with E-state index in [0.717, 1.165) is 19.1 Å². The van der Waals surface area contributed by atoms with Gasteiger partial charge in [0.05, 0.1) is 0 Å². The summed E-state index contributed by atoms with van der Waals surface area (Å²) in [5, 5.41) is 0. The molecule has 1 nitrogen and oxygen atoms in total. The molecule has 1 rings (SSSR count). The third kappa shape index (κ3) is 11.1. The molecule has 0 saturated heterocycles. The van der Waals surface area contributed by atoms with E-state index < -0.39 is 0 Å². The van der Waals surface area contributed by atoms with Crippen molar-refractivity contribution in [1.82, 2.24) is 0 Å². The van der Waals surface area contributed by atoms with Crippen LogP contribution < -0.4 is 0 Å². The molecule has 0 atom stereocenters. The van der Waals surface area contributed by atoms with Gasteiger partial charge >= 0.3 is 0 Å². The van der Waals surface area contributed by atoms with Crippen molar-refractivity contribution in [3.63, 3.8) is 0 Å². The molecule has 0 aliphatic carbocycles. The van der Waals surface area contributed by atoms with Gasteiger partial charge in [-0.15, -0.1) is 0 Å². The predicted octanol–water partition coefficient (Wildman–Crippen LogP) is 4.96. The normalized spacial score (nSPS) is 9.89. The van der Waals surface area contributed by atoms with E-state index in [1.165, 1.54) is 37.3 Å². The molecular formula is C17H26O. The van der Waals surface area contributed by atoms with Crippen LogP contribution >= 0.6 is 0 Å². The minimum atomic E-state index is 0.801. The maximum atomic E-state index is 9.59. The second kappa shape index (κ2) is 13.7. The molecule has 0 radical (unpaired) electrons. The molecular weight excluding hydrogens is 220 g/mol. The Hall–Kier alpha value is -1.37. The van der Waals surface area contributed by atoms with Gasteiger partial charge in [0.2, 0.25) is 0 Å². The largest absolute Gasteiger partial charge is 0.299 e. The number of hydrogen-bond donors (Lipinski definition) is 0. The number of hydrogen-bond acceptors (Lipinski definition) is 1. The van der Waals surface area contributed by atoms with Crippen LogP contribution in [0.2, 0.25) is 0 Å². The fourth-order valence-corrected chi connectivity index (χ4v) is 1.54. The Morgan fingerprint density at radius 3 is 2.28 bits per heavy atom. The standard InChI is InChI=1S/C11H16.C6H10O/c1-2-3-5-8-11-9-6-4-7-10-11;1-2-3-4-5-6-7/h4,6-7,9-10H,2-3,5,8H2,1H3;4-6H,2-3H2,1H3. The first kappa shape index (κ1) is 16.6. The number of aryl methyl sites for hydroxylation is 1. The summed E-state index contributed by atoms with van der Waals surface area (Å²) < 4.78 is 0. The van der Waals surface area contributed by atoms with E-state index in [9.17, 15) is 4.79 Å². The van der Waals surface area contributed by atoms with Gasteiger partial charge < -0.3 is 0 Å². The Bertz CT molecular complexity index is 301. The monoisotopic (exact) mass is 246 g/mol. The smallest absolute Gasteiger partial charge is 0.142 e. The molecule has 0 unspecified atom stereocenters. The molecule has 0 aliphatic rings. The SMILES string of the molecule is CCCC=CC=O.CCCCCc1ccccc1. The van der Waals surface area contributed by atoms with E-state index in [4.69, 9.17) is 0 Å². The first-order valence-corrected chi connectivity index (χ1v) is 6.99. The van der Waals surface area contributed by atoms with Crippen molar-refractivity contribution >= 4 is 6.29 Å². The van der Waals surface area contributed by atoms with Gasteiger partial charge in [-0.1, -0.05) is 69.5 Å². The zero-order chi connectivity index (χ0) is 13.5. The van der Waals surface area contributed by atoms with E-state index >= 15 is 0 Å². The van der Waals surface area contributed by atoms with Crippen LogP contribution in [-0.4, -0.2) is 6.29 Å². The van der Waals surface area contributed by atoms with Gasteiger partial charge in [-0.3, -0.25) is 4.79 Å². The Morgan fingerprint density at radius 1 is 1.00 bits per heavy atom. The minimum absolute atomic E-state index is 0.801. The van der Waals surface area contributed by atoms with Crippen LogP contribution in [0, 0.1) is 0 Å². The molecule has 1 heteroatoms. The second-order valence-electron chi connectivity index (χ2n) is 4.30. The van der Waals surface area contributed by atoms with Gasteiger partial charge in [-0.25, -0.2) is 0 Å². The molecule has 0 fully saturated rings. The molecule has 18 heavy (non-hydrogen) atoms. The Kier molecular flexibility index (Phi) is 12.7. The fraction of sp³-hybridized carbons (Fsp3) is 0.471. The van der Waals surface area contributed by atoms with Crippen molar-refractivity contribution in [2.75, 3.05) is 0 Å². The van der Waals surface area contributed by atoms with Gasteiger partial charge in [-0.05, 0) is 30.9 Å². The number of allylic oxidation sites excluding steroid dienone is 2. The van der Waals surface area contributed by atoms with E-state index in [2.05, 4.69) is 44.2 Å². The highest BCUT2D eigenvalue weighted by Gasteiger charge is 1.89. The summed E-state index contributed by atoms with van der Waals surface area (Å²) in [6.07, 6.45) is 11.6. The van der Waals surface area contributed by atoms with Crippen LogP contribution in [0.5, 0.6) is 0 Å². The topological polar surface area (TPSA) is 17.1 Å². The van der Waals surface area contributed by atoms with E-state index in [0.29, 0.717) is 0 Å². The first-order valence-electron chi connectivity index (χ1n) is 6.99. The van der Waals surface area contributed by atoms with Crippen molar-refractivity contribution in [1.29, 1.82) is 0 Å². The van der Waals surface area contributed by atoms with Crippen LogP contribution in [-0.2, 0) is 11.2 Å². The lowest BCUT2D eigenvalue weighted by Crippen LogP contribution is -1.83. The molecule has 0 amide bonds. The zero-order valence-electron chi connectivity index (χ0n) is 11.8. The van der Waals surface area contributed by atoms with Crippen LogP contribution in [0.1, 0.15) is 51.5 Å². The fourth-order valence-electron chi connectivity index (χ4n) is 1.54. The minimum Gasteiger partial charge on any atom is -0.299 e.